The minimum Gasteiger partial charge on any atom is -0.360 e. The molecule has 0 saturated heterocycles. The van der Waals surface area contributed by atoms with Gasteiger partial charge >= 0.3 is 0 Å². The van der Waals surface area contributed by atoms with Crippen LogP contribution in [-0.4, -0.2) is 11.2 Å². The van der Waals surface area contributed by atoms with Crippen LogP contribution in [0, 0.1) is 0 Å². The highest BCUT2D eigenvalue weighted by Gasteiger charge is 2.11. The maximum atomic E-state index is 5.59. The lowest BCUT2D eigenvalue weighted by Gasteiger charge is -2.22. The van der Waals surface area contributed by atoms with Gasteiger partial charge in [0.15, 0.2) is 5.11 Å². The van der Waals surface area contributed by atoms with Crippen molar-refractivity contribution in [2.24, 2.45) is 0 Å². The predicted octanol–water partition coefficient (Wildman–Crippen LogP) is 6.21. The largest absolute Gasteiger partial charge is 0.360 e. The molecule has 0 radical (unpaired) electrons. The van der Waals surface area contributed by atoms with Gasteiger partial charge in [0, 0.05) is 11.7 Å². The number of thiocarbonyl (C=S) groups is 1. The van der Waals surface area contributed by atoms with Gasteiger partial charge in [-0.3, -0.25) is 0 Å². The number of rotatable bonds is 3. The van der Waals surface area contributed by atoms with E-state index in [9.17, 15) is 0 Å². The summed E-state index contributed by atoms with van der Waals surface area (Å²) in [6, 6.07) is 8.97. The Hall–Kier alpha value is -1.09. The summed E-state index contributed by atoms with van der Waals surface area (Å²) < 4.78 is 0. The molecule has 1 aromatic rings. The van der Waals surface area contributed by atoms with E-state index >= 15 is 0 Å². The summed E-state index contributed by atoms with van der Waals surface area (Å²) in [7, 11) is 0. The monoisotopic (exact) mass is 346 g/mol. The molecule has 2 nitrogen and oxygen atoms in total. The zero-order valence-electron chi connectivity index (χ0n) is 15.3. The molecule has 2 N–H and O–H groups in total. The number of benzene rings is 1. The zero-order chi connectivity index (χ0) is 17.0. The first-order valence-electron chi connectivity index (χ1n) is 9.95. The minimum atomic E-state index is 0.526. The van der Waals surface area contributed by atoms with Crippen LogP contribution in [-0.2, 0) is 6.42 Å². The highest BCUT2D eigenvalue weighted by molar-refractivity contribution is 7.80. The van der Waals surface area contributed by atoms with Gasteiger partial charge in [-0.05, 0) is 43.1 Å². The van der Waals surface area contributed by atoms with Crippen molar-refractivity contribution in [2.75, 3.05) is 5.32 Å². The molecule has 0 aromatic heterocycles. The summed E-state index contributed by atoms with van der Waals surface area (Å²) in [5.74, 6) is 0. The Bertz CT molecular complexity index is 474. The van der Waals surface area contributed by atoms with Crippen LogP contribution in [0.15, 0.2) is 24.3 Å². The van der Waals surface area contributed by atoms with E-state index in [-0.39, 0.29) is 0 Å². The van der Waals surface area contributed by atoms with Crippen LogP contribution in [0.2, 0.25) is 0 Å². The Balaban J connectivity index is 1.84. The van der Waals surface area contributed by atoms with Crippen LogP contribution in [0.25, 0.3) is 0 Å². The lowest BCUT2D eigenvalue weighted by molar-refractivity contribution is 0.444. The summed E-state index contributed by atoms with van der Waals surface area (Å²) in [5.41, 5.74) is 2.46. The molecule has 1 fully saturated rings. The van der Waals surface area contributed by atoms with E-state index in [2.05, 4.69) is 41.8 Å². The lowest BCUT2D eigenvalue weighted by atomic mass is 9.98. The highest BCUT2D eigenvalue weighted by Crippen LogP contribution is 2.18. The lowest BCUT2D eigenvalue weighted by Crippen LogP contribution is -2.38. The molecule has 0 heterocycles. The molecule has 2 rings (SSSR count). The molecule has 134 valence electrons. The first kappa shape index (κ1) is 19.2. The third-order valence-electron chi connectivity index (χ3n) is 5.09. The van der Waals surface area contributed by atoms with Crippen LogP contribution in [0.1, 0.15) is 83.1 Å². The van der Waals surface area contributed by atoms with Gasteiger partial charge in [-0.25, -0.2) is 0 Å². The molecular formula is C21H34N2S. The molecular weight excluding hydrogens is 312 g/mol. The standard InChI is InChI=1S/C21H34N2S/c1-2-18-14-12-13-17-20(18)23-21(24)22-19-15-10-8-6-4-3-5-7-9-11-16-19/h12-14,17,19H,2-11,15-16H2,1H3,(H2,22,23,24). The Labute approximate surface area is 153 Å². The SMILES string of the molecule is CCc1ccccc1NC(=S)NC1CCCCCCCCCCC1. The van der Waals surface area contributed by atoms with Gasteiger partial charge in [0.05, 0.1) is 0 Å². The summed E-state index contributed by atoms with van der Waals surface area (Å²) in [4.78, 5) is 0. The van der Waals surface area contributed by atoms with E-state index in [0.717, 1.165) is 17.2 Å². The maximum Gasteiger partial charge on any atom is 0.171 e. The summed E-state index contributed by atoms with van der Waals surface area (Å²) in [5, 5.41) is 7.79. The molecule has 3 heteroatoms. The van der Waals surface area contributed by atoms with Crippen LogP contribution >= 0.6 is 12.2 Å². The minimum absolute atomic E-state index is 0.526. The summed E-state index contributed by atoms with van der Waals surface area (Å²) in [6.07, 6.45) is 16.0. The van der Waals surface area contributed by atoms with Crippen molar-refractivity contribution in [1.29, 1.82) is 0 Å². The van der Waals surface area contributed by atoms with E-state index in [1.165, 1.54) is 76.2 Å². The number of hydrogen-bond donors (Lipinski definition) is 2. The third kappa shape index (κ3) is 7.21. The molecule has 0 aliphatic heterocycles. The van der Waals surface area contributed by atoms with Gasteiger partial charge in [0.1, 0.15) is 0 Å². The fourth-order valence-electron chi connectivity index (χ4n) is 3.60. The van der Waals surface area contributed by atoms with Crippen LogP contribution < -0.4 is 10.6 Å². The van der Waals surface area contributed by atoms with Gasteiger partial charge in [0.2, 0.25) is 0 Å². The Morgan fingerprint density at radius 1 is 0.917 bits per heavy atom. The number of anilines is 1. The first-order chi connectivity index (χ1) is 11.8. The van der Waals surface area contributed by atoms with Gasteiger partial charge in [-0.1, -0.05) is 82.9 Å². The second-order valence-electron chi connectivity index (χ2n) is 7.07. The molecule has 0 spiro atoms. The van der Waals surface area contributed by atoms with E-state index in [0.29, 0.717) is 6.04 Å². The Morgan fingerprint density at radius 3 is 2.04 bits per heavy atom. The fourth-order valence-corrected chi connectivity index (χ4v) is 3.88. The van der Waals surface area contributed by atoms with Crippen molar-refractivity contribution in [3.05, 3.63) is 29.8 Å². The summed E-state index contributed by atoms with van der Waals surface area (Å²) >= 11 is 5.59. The molecule has 24 heavy (non-hydrogen) atoms. The van der Waals surface area contributed by atoms with E-state index in [1.807, 2.05) is 0 Å². The molecule has 0 unspecified atom stereocenters. The van der Waals surface area contributed by atoms with Crippen molar-refractivity contribution in [3.8, 4) is 0 Å². The second kappa shape index (κ2) is 11.5. The molecule has 0 atom stereocenters. The van der Waals surface area contributed by atoms with Crippen LogP contribution in [0.4, 0.5) is 5.69 Å². The summed E-state index contributed by atoms with van der Waals surface area (Å²) in [6.45, 7) is 2.18. The van der Waals surface area contributed by atoms with Crippen LogP contribution in [0.3, 0.4) is 0 Å². The molecule has 1 aliphatic carbocycles. The van der Waals surface area contributed by atoms with Crippen molar-refractivity contribution in [1.82, 2.24) is 5.32 Å². The predicted molar refractivity (Wildman–Crippen MR) is 110 cm³/mol. The number of aryl methyl sites for hydroxylation is 1. The molecule has 0 bridgehead atoms. The average Bonchev–Trinajstić information content (AvgIpc) is 2.58. The maximum absolute atomic E-state index is 5.59. The molecule has 1 aliphatic rings. The van der Waals surface area contributed by atoms with Gasteiger partial charge in [-0.15, -0.1) is 0 Å². The molecule has 0 amide bonds. The number of nitrogens with one attached hydrogen (secondary N) is 2. The van der Waals surface area contributed by atoms with E-state index < -0.39 is 0 Å². The first-order valence-corrected chi connectivity index (χ1v) is 10.4. The highest BCUT2D eigenvalue weighted by atomic mass is 32.1. The van der Waals surface area contributed by atoms with E-state index in [1.54, 1.807) is 0 Å². The van der Waals surface area contributed by atoms with Crippen molar-refractivity contribution < 1.29 is 0 Å². The average molecular weight is 347 g/mol. The van der Waals surface area contributed by atoms with Gasteiger partial charge in [-0.2, -0.15) is 0 Å². The Morgan fingerprint density at radius 2 is 1.46 bits per heavy atom. The Kier molecular flexibility index (Phi) is 9.19. The normalized spacial score (nSPS) is 18.2. The topological polar surface area (TPSA) is 24.1 Å². The van der Waals surface area contributed by atoms with Gasteiger partial charge < -0.3 is 10.6 Å². The molecule has 1 aromatic carbocycles. The van der Waals surface area contributed by atoms with E-state index in [4.69, 9.17) is 12.2 Å². The fraction of sp³-hybridized carbons (Fsp3) is 0.667. The zero-order valence-corrected chi connectivity index (χ0v) is 16.1. The third-order valence-corrected chi connectivity index (χ3v) is 5.31. The van der Waals surface area contributed by atoms with Crippen molar-refractivity contribution in [2.45, 2.75) is 90.0 Å². The quantitative estimate of drug-likeness (QED) is 0.636. The van der Waals surface area contributed by atoms with Crippen molar-refractivity contribution >= 4 is 23.0 Å². The van der Waals surface area contributed by atoms with Crippen molar-refractivity contribution in [3.63, 3.8) is 0 Å². The molecule has 1 saturated carbocycles. The van der Waals surface area contributed by atoms with Crippen LogP contribution in [0.5, 0.6) is 0 Å². The number of hydrogen-bond acceptors (Lipinski definition) is 1. The van der Waals surface area contributed by atoms with Gasteiger partial charge in [0.25, 0.3) is 0 Å². The second-order valence-corrected chi connectivity index (χ2v) is 7.47. The number of para-hydroxylation sites is 1. The smallest absolute Gasteiger partial charge is 0.171 e.